The van der Waals surface area contributed by atoms with Crippen molar-refractivity contribution in [1.82, 2.24) is 15.3 Å². The van der Waals surface area contributed by atoms with Gasteiger partial charge in [0.15, 0.2) is 0 Å². The van der Waals surface area contributed by atoms with Crippen LogP contribution in [0.4, 0.5) is 11.4 Å². The van der Waals surface area contributed by atoms with Crippen molar-refractivity contribution >= 4 is 17.3 Å². The smallest absolute Gasteiger partial charge is 0.253 e. The number of benzene rings is 1. The van der Waals surface area contributed by atoms with Crippen LogP contribution in [-0.2, 0) is 12.0 Å². The molecule has 0 aliphatic rings. The summed E-state index contributed by atoms with van der Waals surface area (Å²) >= 11 is 0. The van der Waals surface area contributed by atoms with Gasteiger partial charge in [0.2, 0.25) is 0 Å². The fourth-order valence-electron chi connectivity index (χ4n) is 2.81. The van der Waals surface area contributed by atoms with E-state index in [1.807, 2.05) is 36.4 Å². The Kier molecular flexibility index (Phi) is 5.50. The molecule has 0 aliphatic carbocycles. The van der Waals surface area contributed by atoms with Gasteiger partial charge in [-0.05, 0) is 35.2 Å². The van der Waals surface area contributed by atoms with Gasteiger partial charge in [-0.15, -0.1) is 0 Å². The van der Waals surface area contributed by atoms with Crippen LogP contribution in [0, 0.1) is 0 Å². The van der Waals surface area contributed by atoms with Gasteiger partial charge in [-0.25, -0.2) is 0 Å². The van der Waals surface area contributed by atoms with Crippen LogP contribution in [0.1, 0.15) is 42.4 Å². The third-order valence-corrected chi connectivity index (χ3v) is 4.17. The van der Waals surface area contributed by atoms with Crippen molar-refractivity contribution in [1.29, 1.82) is 0 Å². The number of hydrogen-bond donors (Lipinski definition) is 2. The SMILES string of the molecule is CC(C)(C)c1ccccc1Nc1cncc(C(=O)NCc2ccccn2)c1. The molecule has 5 heteroatoms. The van der Waals surface area contributed by atoms with Crippen LogP contribution in [0.5, 0.6) is 0 Å². The molecule has 27 heavy (non-hydrogen) atoms. The first kappa shape index (κ1) is 18.6. The van der Waals surface area contributed by atoms with Gasteiger partial charge in [0.05, 0.1) is 29.7 Å². The highest BCUT2D eigenvalue weighted by atomic mass is 16.1. The lowest BCUT2D eigenvalue weighted by atomic mass is 9.86. The number of rotatable bonds is 5. The van der Waals surface area contributed by atoms with Gasteiger partial charge in [-0.1, -0.05) is 45.0 Å². The van der Waals surface area contributed by atoms with E-state index in [4.69, 9.17) is 0 Å². The second kappa shape index (κ2) is 7.99. The van der Waals surface area contributed by atoms with Gasteiger partial charge >= 0.3 is 0 Å². The molecular formula is C22H24N4O. The summed E-state index contributed by atoms with van der Waals surface area (Å²) < 4.78 is 0. The van der Waals surface area contributed by atoms with Gasteiger partial charge in [-0.2, -0.15) is 0 Å². The Hall–Kier alpha value is -3.21. The standard InChI is InChI=1S/C22H24N4O/c1-22(2,3)19-9-4-5-10-20(19)26-18-12-16(13-23-14-18)21(27)25-15-17-8-6-7-11-24-17/h4-14,26H,15H2,1-3H3,(H,25,27). The largest absolute Gasteiger partial charge is 0.354 e. The zero-order valence-electron chi connectivity index (χ0n) is 15.9. The highest BCUT2D eigenvalue weighted by Gasteiger charge is 2.17. The lowest BCUT2D eigenvalue weighted by Gasteiger charge is -2.23. The molecule has 2 N–H and O–H groups in total. The van der Waals surface area contributed by atoms with Crippen LogP contribution in [0.2, 0.25) is 0 Å². The first-order chi connectivity index (χ1) is 12.9. The van der Waals surface area contributed by atoms with Gasteiger partial charge in [-0.3, -0.25) is 14.8 Å². The van der Waals surface area contributed by atoms with E-state index in [1.165, 1.54) is 5.56 Å². The fourth-order valence-corrected chi connectivity index (χ4v) is 2.81. The van der Waals surface area contributed by atoms with Crippen LogP contribution in [-0.4, -0.2) is 15.9 Å². The molecule has 138 valence electrons. The molecule has 3 aromatic rings. The molecule has 0 atom stereocenters. The van der Waals surface area contributed by atoms with E-state index in [-0.39, 0.29) is 11.3 Å². The maximum Gasteiger partial charge on any atom is 0.253 e. The van der Waals surface area contributed by atoms with Crippen molar-refractivity contribution in [3.63, 3.8) is 0 Å². The molecule has 0 saturated heterocycles. The zero-order valence-corrected chi connectivity index (χ0v) is 15.9. The van der Waals surface area contributed by atoms with Crippen molar-refractivity contribution in [2.24, 2.45) is 0 Å². The number of nitrogens with one attached hydrogen (secondary N) is 2. The van der Waals surface area contributed by atoms with E-state index in [0.29, 0.717) is 12.1 Å². The molecule has 0 bridgehead atoms. The van der Waals surface area contributed by atoms with Crippen molar-refractivity contribution in [3.8, 4) is 0 Å². The number of carbonyl (C=O) groups excluding carboxylic acids is 1. The number of aromatic nitrogens is 2. The number of anilines is 2. The number of amides is 1. The predicted molar refractivity (Wildman–Crippen MR) is 108 cm³/mol. The highest BCUT2D eigenvalue weighted by molar-refractivity contribution is 5.94. The van der Waals surface area contributed by atoms with E-state index < -0.39 is 0 Å². The van der Waals surface area contributed by atoms with E-state index in [9.17, 15) is 4.79 Å². The topological polar surface area (TPSA) is 66.9 Å². The Bertz CT molecular complexity index is 917. The summed E-state index contributed by atoms with van der Waals surface area (Å²) in [5, 5.41) is 6.27. The van der Waals surface area contributed by atoms with Crippen molar-refractivity contribution in [2.45, 2.75) is 32.7 Å². The lowest BCUT2D eigenvalue weighted by molar-refractivity contribution is 0.0950. The minimum Gasteiger partial charge on any atom is -0.354 e. The van der Waals surface area contributed by atoms with E-state index >= 15 is 0 Å². The van der Waals surface area contributed by atoms with Crippen LogP contribution in [0.3, 0.4) is 0 Å². The Labute approximate surface area is 159 Å². The van der Waals surface area contributed by atoms with Crippen LogP contribution in [0.25, 0.3) is 0 Å². The van der Waals surface area contributed by atoms with E-state index in [0.717, 1.165) is 17.1 Å². The molecule has 0 spiro atoms. The van der Waals surface area contributed by atoms with E-state index in [1.54, 1.807) is 24.7 Å². The van der Waals surface area contributed by atoms with Crippen molar-refractivity contribution < 1.29 is 4.79 Å². The average molecular weight is 360 g/mol. The summed E-state index contributed by atoms with van der Waals surface area (Å²) in [5.74, 6) is -0.180. The summed E-state index contributed by atoms with van der Waals surface area (Å²) in [6.45, 7) is 6.90. The molecule has 0 aliphatic heterocycles. The summed E-state index contributed by atoms with van der Waals surface area (Å²) in [6.07, 6.45) is 4.99. The molecule has 0 fully saturated rings. The summed E-state index contributed by atoms with van der Waals surface area (Å²) in [4.78, 5) is 20.9. The minimum atomic E-state index is -0.180. The fraction of sp³-hybridized carbons (Fsp3) is 0.227. The number of hydrogen-bond acceptors (Lipinski definition) is 4. The van der Waals surface area contributed by atoms with Crippen molar-refractivity contribution in [2.75, 3.05) is 5.32 Å². The molecule has 1 aromatic carbocycles. The Morgan fingerprint density at radius 3 is 2.56 bits per heavy atom. The molecule has 0 saturated carbocycles. The quantitative estimate of drug-likeness (QED) is 0.705. The van der Waals surface area contributed by atoms with Crippen molar-refractivity contribution in [3.05, 3.63) is 83.9 Å². The molecule has 0 unspecified atom stereocenters. The molecular weight excluding hydrogens is 336 g/mol. The monoisotopic (exact) mass is 360 g/mol. The first-order valence-corrected chi connectivity index (χ1v) is 8.93. The third-order valence-electron chi connectivity index (χ3n) is 4.17. The predicted octanol–water partition coefficient (Wildman–Crippen LogP) is 4.45. The summed E-state index contributed by atoms with van der Waals surface area (Å²) in [5.41, 5.74) is 4.32. The summed E-state index contributed by atoms with van der Waals surface area (Å²) in [6, 6.07) is 15.6. The molecule has 1 amide bonds. The first-order valence-electron chi connectivity index (χ1n) is 8.93. The molecule has 5 nitrogen and oxygen atoms in total. The number of pyridine rings is 2. The van der Waals surface area contributed by atoms with Crippen LogP contribution >= 0.6 is 0 Å². The molecule has 2 aromatic heterocycles. The summed E-state index contributed by atoms with van der Waals surface area (Å²) in [7, 11) is 0. The molecule has 2 heterocycles. The number of nitrogens with zero attached hydrogens (tertiary/aromatic N) is 2. The van der Waals surface area contributed by atoms with Gasteiger partial charge in [0, 0.05) is 18.1 Å². The minimum absolute atomic E-state index is 0.00862. The Morgan fingerprint density at radius 2 is 1.81 bits per heavy atom. The maximum absolute atomic E-state index is 12.4. The lowest BCUT2D eigenvalue weighted by Crippen LogP contribution is -2.23. The molecule has 0 radical (unpaired) electrons. The molecule has 3 rings (SSSR count). The second-order valence-corrected chi connectivity index (χ2v) is 7.39. The highest BCUT2D eigenvalue weighted by Crippen LogP contribution is 2.31. The van der Waals surface area contributed by atoms with Gasteiger partial charge < -0.3 is 10.6 Å². The van der Waals surface area contributed by atoms with Gasteiger partial charge in [0.25, 0.3) is 5.91 Å². The number of carbonyl (C=O) groups is 1. The Balaban J connectivity index is 1.74. The van der Waals surface area contributed by atoms with Gasteiger partial charge in [0.1, 0.15) is 0 Å². The second-order valence-electron chi connectivity index (χ2n) is 7.39. The zero-order chi connectivity index (χ0) is 19.3. The van der Waals surface area contributed by atoms with Crippen LogP contribution in [0.15, 0.2) is 67.1 Å². The third kappa shape index (κ3) is 4.91. The van der Waals surface area contributed by atoms with E-state index in [2.05, 4.69) is 47.4 Å². The Morgan fingerprint density at radius 1 is 1.04 bits per heavy atom. The normalized spacial score (nSPS) is 11.1. The number of para-hydroxylation sites is 1. The average Bonchev–Trinajstić information content (AvgIpc) is 2.67. The maximum atomic E-state index is 12.4. The van der Waals surface area contributed by atoms with Crippen LogP contribution < -0.4 is 10.6 Å².